The van der Waals surface area contributed by atoms with Crippen LogP contribution in [0.15, 0.2) is 0 Å². The first-order valence-electron chi connectivity index (χ1n) is 5.60. The third-order valence-electron chi connectivity index (χ3n) is 2.87. The van der Waals surface area contributed by atoms with Crippen molar-refractivity contribution in [2.45, 2.75) is 33.2 Å². The second-order valence-corrected chi connectivity index (χ2v) is 4.09. The molecule has 0 aliphatic carbocycles. The normalized spacial score (nSPS) is 14.6. The largest absolute Gasteiger partial charge is 0.481 e. The Bertz CT molecular complexity index is 243. The quantitative estimate of drug-likeness (QED) is 0.627. The van der Waals surface area contributed by atoms with E-state index in [2.05, 4.69) is 24.1 Å². The number of carboxylic acids is 1. The van der Waals surface area contributed by atoms with E-state index in [1.54, 1.807) is 0 Å². The molecule has 2 N–H and O–H groups in total. The number of nitrogens with one attached hydrogen (secondary N) is 1. The molecule has 0 radical (unpaired) electrons. The van der Waals surface area contributed by atoms with Crippen molar-refractivity contribution in [3.63, 3.8) is 0 Å². The van der Waals surface area contributed by atoms with Crippen LogP contribution < -0.4 is 5.32 Å². The van der Waals surface area contributed by atoms with Gasteiger partial charge in [0.2, 0.25) is 5.91 Å². The van der Waals surface area contributed by atoms with E-state index in [9.17, 15) is 9.59 Å². The predicted molar refractivity (Wildman–Crippen MR) is 62.2 cm³/mol. The van der Waals surface area contributed by atoms with Crippen LogP contribution in [0.4, 0.5) is 0 Å². The topological polar surface area (TPSA) is 69.6 Å². The van der Waals surface area contributed by atoms with E-state index < -0.39 is 17.8 Å². The molecule has 5 heteroatoms. The van der Waals surface area contributed by atoms with Crippen LogP contribution in [0.2, 0.25) is 0 Å². The summed E-state index contributed by atoms with van der Waals surface area (Å²) < 4.78 is 0. The third-order valence-corrected chi connectivity index (χ3v) is 2.87. The van der Waals surface area contributed by atoms with Gasteiger partial charge in [0, 0.05) is 19.1 Å². The molecule has 94 valence electrons. The summed E-state index contributed by atoms with van der Waals surface area (Å²) in [5.74, 6) is -2.49. The maximum atomic E-state index is 11.3. The smallest absolute Gasteiger partial charge is 0.315 e. The van der Waals surface area contributed by atoms with Gasteiger partial charge in [-0.3, -0.25) is 9.59 Å². The molecule has 0 aliphatic heterocycles. The Kier molecular flexibility index (Phi) is 6.72. The van der Waals surface area contributed by atoms with Crippen LogP contribution in [0, 0.1) is 5.92 Å². The van der Waals surface area contributed by atoms with Crippen molar-refractivity contribution in [3.8, 4) is 0 Å². The molecular weight excluding hydrogens is 208 g/mol. The van der Waals surface area contributed by atoms with Gasteiger partial charge in [0.1, 0.15) is 5.92 Å². The fraction of sp³-hybridized carbons (Fsp3) is 0.818. The average molecular weight is 230 g/mol. The first-order valence-corrected chi connectivity index (χ1v) is 5.60. The molecule has 0 fully saturated rings. The van der Waals surface area contributed by atoms with Crippen LogP contribution in [0.1, 0.15) is 27.2 Å². The Morgan fingerprint density at radius 1 is 1.38 bits per heavy atom. The van der Waals surface area contributed by atoms with Gasteiger partial charge in [0.25, 0.3) is 0 Å². The number of hydrogen-bond donors (Lipinski definition) is 2. The molecule has 0 saturated carbocycles. The molecule has 0 heterocycles. The van der Waals surface area contributed by atoms with Crippen LogP contribution in [-0.2, 0) is 9.59 Å². The predicted octanol–water partition coefficient (Wildman–Crippen LogP) is 0.554. The summed E-state index contributed by atoms with van der Waals surface area (Å²) in [7, 11) is 1.99. The lowest BCUT2D eigenvalue weighted by molar-refractivity contribution is -0.146. The maximum Gasteiger partial charge on any atom is 0.315 e. The molecule has 0 aromatic heterocycles. The number of likely N-dealkylation sites (N-methyl/N-ethyl adjacent to an activating group) is 1. The molecule has 0 aliphatic rings. The molecule has 0 rings (SSSR count). The molecular formula is C11H22N2O3. The van der Waals surface area contributed by atoms with Crippen molar-refractivity contribution in [1.82, 2.24) is 10.2 Å². The summed E-state index contributed by atoms with van der Waals surface area (Å²) in [5.41, 5.74) is 0. The van der Waals surface area contributed by atoms with Gasteiger partial charge in [-0.05, 0) is 27.3 Å². The third kappa shape index (κ3) is 5.11. The number of carbonyl (C=O) groups is 2. The number of carboxylic acid groups (broad SMARTS) is 1. The molecule has 2 atom stereocenters. The van der Waals surface area contributed by atoms with Crippen molar-refractivity contribution in [2.24, 2.45) is 5.92 Å². The van der Waals surface area contributed by atoms with Crippen LogP contribution in [-0.4, -0.2) is 48.1 Å². The minimum absolute atomic E-state index is 0.426. The van der Waals surface area contributed by atoms with Gasteiger partial charge in [-0.25, -0.2) is 0 Å². The first-order chi connectivity index (χ1) is 7.40. The van der Waals surface area contributed by atoms with E-state index in [4.69, 9.17) is 5.11 Å². The zero-order chi connectivity index (χ0) is 12.7. The Morgan fingerprint density at radius 3 is 2.38 bits per heavy atom. The summed E-state index contributed by atoms with van der Waals surface area (Å²) in [6.07, 6.45) is 1.05. The lowest BCUT2D eigenvalue weighted by Crippen LogP contribution is -2.40. The van der Waals surface area contributed by atoms with E-state index in [1.165, 1.54) is 6.92 Å². The molecule has 0 aromatic rings. The van der Waals surface area contributed by atoms with Crippen LogP contribution in [0.25, 0.3) is 0 Å². The molecule has 0 saturated heterocycles. The Morgan fingerprint density at radius 2 is 1.94 bits per heavy atom. The fourth-order valence-corrected chi connectivity index (χ4v) is 1.15. The summed E-state index contributed by atoms with van der Waals surface area (Å²) in [6.45, 7) is 6.81. The summed E-state index contributed by atoms with van der Waals surface area (Å²) >= 11 is 0. The van der Waals surface area contributed by atoms with Gasteiger partial charge in [-0.2, -0.15) is 0 Å². The lowest BCUT2D eigenvalue weighted by Gasteiger charge is -2.23. The highest BCUT2D eigenvalue weighted by Gasteiger charge is 2.19. The molecule has 0 aromatic carbocycles. The Labute approximate surface area is 96.8 Å². The van der Waals surface area contributed by atoms with Gasteiger partial charge < -0.3 is 15.3 Å². The number of carbonyl (C=O) groups excluding carboxylic acids is 1. The minimum atomic E-state index is -1.09. The van der Waals surface area contributed by atoms with E-state index in [0.717, 1.165) is 13.0 Å². The maximum absolute atomic E-state index is 11.3. The van der Waals surface area contributed by atoms with E-state index >= 15 is 0 Å². The van der Waals surface area contributed by atoms with Crippen molar-refractivity contribution in [2.75, 3.05) is 20.1 Å². The summed E-state index contributed by atoms with van der Waals surface area (Å²) in [5, 5.41) is 11.2. The summed E-state index contributed by atoms with van der Waals surface area (Å²) in [4.78, 5) is 23.9. The minimum Gasteiger partial charge on any atom is -0.481 e. The second kappa shape index (κ2) is 7.22. The van der Waals surface area contributed by atoms with Crippen LogP contribution in [0.3, 0.4) is 0 Å². The monoisotopic (exact) mass is 230 g/mol. The molecule has 2 unspecified atom stereocenters. The number of nitrogens with zero attached hydrogens (tertiary/aromatic N) is 1. The lowest BCUT2D eigenvalue weighted by atomic mass is 10.2. The Hall–Kier alpha value is -1.10. The van der Waals surface area contributed by atoms with Gasteiger partial charge >= 0.3 is 5.97 Å². The van der Waals surface area contributed by atoms with E-state index in [-0.39, 0.29) is 0 Å². The van der Waals surface area contributed by atoms with Crippen molar-refractivity contribution in [1.29, 1.82) is 0 Å². The number of amides is 1. The van der Waals surface area contributed by atoms with Crippen LogP contribution in [0.5, 0.6) is 0 Å². The number of aliphatic carboxylic acids is 1. The highest BCUT2D eigenvalue weighted by atomic mass is 16.4. The van der Waals surface area contributed by atoms with Gasteiger partial charge in [0.05, 0.1) is 0 Å². The van der Waals surface area contributed by atoms with E-state index in [0.29, 0.717) is 12.6 Å². The average Bonchev–Trinajstić information content (AvgIpc) is 2.26. The van der Waals surface area contributed by atoms with Gasteiger partial charge in [-0.1, -0.05) is 6.92 Å². The highest BCUT2D eigenvalue weighted by Crippen LogP contribution is 1.99. The van der Waals surface area contributed by atoms with Crippen molar-refractivity contribution < 1.29 is 14.7 Å². The molecule has 0 bridgehead atoms. The Balaban J connectivity index is 3.82. The SMILES string of the molecule is CCC(C)N(C)CCNC(=O)C(C)C(=O)O. The first kappa shape index (κ1) is 14.9. The molecule has 5 nitrogen and oxygen atoms in total. The van der Waals surface area contributed by atoms with E-state index in [1.807, 2.05) is 7.05 Å². The van der Waals surface area contributed by atoms with Crippen molar-refractivity contribution in [3.05, 3.63) is 0 Å². The van der Waals surface area contributed by atoms with Gasteiger partial charge in [0.15, 0.2) is 0 Å². The second-order valence-electron chi connectivity index (χ2n) is 4.09. The molecule has 1 amide bonds. The fourth-order valence-electron chi connectivity index (χ4n) is 1.15. The molecule has 0 spiro atoms. The standard InChI is InChI=1S/C11H22N2O3/c1-5-8(2)13(4)7-6-12-10(14)9(3)11(15)16/h8-9H,5-7H2,1-4H3,(H,12,14)(H,15,16). The van der Waals surface area contributed by atoms with Crippen LogP contribution >= 0.6 is 0 Å². The zero-order valence-electron chi connectivity index (χ0n) is 10.5. The van der Waals surface area contributed by atoms with Crippen molar-refractivity contribution >= 4 is 11.9 Å². The highest BCUT2D eigenvalue weighted by molar-refractivity contribution is 5.96. The van der Waals surface area contributed by atoms with Gasteiger partial charge in [-0.15, -0.1) is 0 Å². The molecule has 16 heavy (non-hydrogen) atoms. The number of rotatable bonds is 7. The summed E-state index contributed by atoms with van der Waals surface area (Å²) in [6, 6.07) is 0.466. The number of hydrogen-bond acceptors (Lipinski definition) is 3. The zero-order valence-corrected chi connectivity index (χ0v) is 10.5.